The molecule has 0 radical (unpaired) electrons. The number of aromatic nitrogens is 1. The highest BCUT2D eigenvalue weighted by molar-refractivity contribution is 6.00. The first-order chi connectivity index (χ1) is 18.4. The zero-order valence-corrected chi connectivity index (χ0v) is 22.1. The molecule has 3 aromatic carbocycles. The lowest BCUT2D eigenvalue weighted by molar-refractivity contribution is -0.605. The molecular formula is C31H36N2O6. The fourth-order valence-electron chi connectivity index (χ4n) is 4.74. The van der Waals surface area contributed by atoms with Gasteiger partial charge in [0.2, 0.25) is 0 Å². The number of aromatic hydroxyl groups is 1. The summed E-state index contributed by atoms with van der Waals surface area (Å²) in [6, 6.07) is 21.9. The number of pyridine rings is 1. The number of ether oxygens (including phenoxy) is 1. The highest BCUT2D eigenvalue weighted by atomic mass is 16.5. The van der Waals surface area contributed by atoms with E-state index in [2.05, 4.69) is 11.8 Å². The Morgan fingerprint density at radius 2 is 1.72 bits per heavy atom. The van der Waals surface area contributed by atoms with E-state index in [4.69, 9.17) is 9.84 Å². The number of likely N-dealkylation sites (tertiary alicyclic amines) is 1. The number of aromatic carboxylic acids is 1. The number of carboxylic acid groups (broad SMARTS) is 1. The Morgan fingerprint density at radius 1 is 1.03 bits per heavy atom. The third-order valence-electron chi connectivity index (χ3n) is 6.75. The van der Waals surface area contributed by atoms with Crippen molar-refractivity contribution in [1.29, 1.82) is 0 Å². The molecule has 1 aromatic heterocycles. The lowest BCUT2D eigenvalue weighted by Crippen LogP contribution is -2.35. The minimum absolute atomic E-state index is 0. The Bertz CT molecular complexity index is 1340. The summed E-state index contributed by atoms with van der Waals surface area (Å²) in [7, 11) is 0. The Kier molecular flexibility index (Phi) is 10.7. The predicted octanol–water partition coefficient (Wildman–Crippen LogP) is 4.91. The van der Waals surface area contributed by atoms with Crippen LogP contribution in [0.15, 0.2) is 85.2 Å². The third kappa shape index (κ3) is 8.17. The molecule has 1 unspecified atom stereocenters. The van der Waals surface area contributed by atoms with Crippen molar-refractivity contribution in [1.82, 2.24) is 4.90 Å². The van der Waals surface area contributed by atoms with Gasteiger partial charge >= 0.3 is 5.97 Å². The zero-order chi connectivity index (χ0) is 26.9. The molecule has 0 bridgehead atoms. The second kappa shape index (κ2) is 14.1. The van der Waals surface area contributed by atoms with Crippen LogP contribution in [0.3, 0.4) is 0 Å². The van der Waals surface area contributed by atoms with Crippen molar-refractivity contribution in [2.75, 3.05) is 26.2 Å². The van der Waals surface area contributed by atoms with Gasteiger partial charge in [-0.3, -0.25) is 0 Å². The van der Waals surface area contributed by atoms with Gasteiger partial charge in [-0.05, 0) is 66.4 Å². The van der Waals surface area contributed by atoms with E-state index in [-0.39, 0.29) is 16.8 Å². The topological polar surface area (TPSA) is 128 Å². The van der Waals surface area contributed by atoms with Crippen molar-refractivity contribution in [3.8, 4) is 22.6 Å². The second-order valence-electron chi connectivity index (χ2n) is 9.71. The standard InChI is InChI=1S/C20H26N2O2.C11H8O3.H2O/c1-17-4-2-11-21(16-17)12-3-15-24-20-7-5-18(6-8-20)19-9-13-22(23)14-10-19;12-10-8-4-2-1-3-7(8)5-6-9(10)11(13)14;/h5-10,13-14,17H,2-4,11-12,15-16H2,1H3;1-6,12H,(H,13,14);1H2. The van der Waals surface area contributed by atoms with E-state index in [1.54, 1.807) is 18.2 Å². The van der Waals surface area contributed by atoms with E-state index in [0.717, 1.165) is 52.5 Å². The summed E-state index contributed by atoms with van der Waals surface area (Å²) in [5.74, 6) is 0.450. The average molecular weight is 533 g/mol. The molecule has 4 aromatic rings. The molecule has 2 heterocycles. The number of rotatable bonds is 7. The van der Waals surface area contributed by atoms with Gasteiger partial charge in [-0.25, -0.2) is 4.79 Å². The molecule has 1 saturated heterocycles. The van der Waals surface area contributed by atoms with Crippen LogP contribution in [0.25, 0.3) is 21.9 Å². The normalized spacial score (nSPS) is 15.1. The number of hydrogen-bond acceptors (Lipinski definition) is 5. The van der Waals surface area contributed by atoms with Crippen LogP contribution in [-0.4, -0.2) is 52.8 Å². The first-order valence-electron chi connectivity index (χ1n) is 13.0. The highest BCUT2D eigenvalue weighted by Gasteiger charge is 2.15. The summed E-state index contributed by atoms with van der Waals surface area (Å²) < 4.78 is 6.65. The second-order valence-corrected chi connectivity index (χ2v) is 9.71. The number of piperidine rings is 1. The van der Waals surface area contributed by atoms with Crippen molar-refractivity contribution in [2.45, 2.75) is 26.2 Å². The molecule has 0 amide bonds. The van der Waals surface area contributed by atoms with Gasteiger partial charge in [0, 0.05) is 30.6 Å². The average Bonchev–Trinajstić information content (AvgIpc) is 2.93. The molecule has 1 atom stereocenters. The van der Waals surface area contributed by atoms with Crippen LogP contribution in [0.2, 0.25) is 0 Å². The van der Waals surface area contributed by atoms with Crippen LogP contribution in [0, 0.1) is 11.1 Å². The number of benzene rings is 3. The molecule has 39 heavy (non-hydrogen) atoms. The summed E-state index contributed by atoms with van der Waals surface area (Å²) in [4.78, 5) is 13.3. The zero-order valence-electron chi connectivity index (χ0n) is 22.1. The number of hydrogen-bond donors (Lipinski definition) is 2. The lowest BCUT2D eigenvalue weighted by atomic mass is 10.0. The molecule has 4 N–H and O–H groups in total. The Hall–Kier alpha value is -4.14. The number of phenols is 1. The maximum absolute atomic E-state index is 11.1. The largest absolute Gasteiger partial charge is 0.619 e. The van der Waals surface area contributed by atoms with Crippen molar-refractivity contribution in [3.63, 3.8) is 0 Å². The molecule has 5 rings (SSSR count). The van der Waals surface area contributed by atoms with Crippen LogP contribution in [0.5, 0.6) is 11.5 Å². The minimum atomic E-state index is -1.12. The third-order valence-corrected chi connectivity index (χ3v) is 6.75. The highest BCUT2D eigenvalue weighted by Crippen LogP contribution is 2.28. The maximum atomic E-state index is 11.1. The maximum Gasteiger partial charge on any atom is 0.339 e. The van der Waals surface area contributed by atoms with Gasteiger partial charge in [-0.1, -0.05) is 49.4 Å². The molecular weight excluding hydrogens is 496 g/mol. The quantitative estimate of drug-likeness (QED) is 0.198. The molecule has 1 aliphatic rings. The van der Waals surface area contributed by atoms with Crippen LogP contribution in [0.4, 0.5) is 0 Å². The van der Waals surface area contributed by atoms with Crippen LogP contribution >= 0.6 is 0 Å². The van der Waals surface area contributed by atoms with Crippen molar-refractivity contribution in [3.05, 3.63) is 96.0 Å². The van der Waals surface area contributed by atoms with Gasteiger partial charge in [0.1, 0.15) is 17.1 Å². The Labute approximate surface area is 228 Å². The molecule has 0 spiro atoms. The van der Waals surface area contributed by atoms with Crippen molar-refractivity contribution in [2.24, 2.45) is 5.92 Å². The lowest BCUT2D eigenvalue weighted by Gasteiger charge is -2.30. The minimum Gasteiger partial charge on any atom is -0.619 e. The first kappa shape index (κ1) is 29.4. The molecule has 1 fully saturated rings. The summed E-state index contributed by atoms with van der Waals surface area (Å²) >= 11 is 0. The SMILES string of the molecule is CC1CCCN(CCCOc2ccc(-c3cc[n+]([O-])cc3)cc2)C1.O.O=C(O)c1ccc2ccccc2c1O. The van der Waals surface area contributed by atoms with E-state index < -0.39 is 5.97 Å². The Morgan fingerprint density at radius 3 is 2.41 bits per heavy atom. The number of fused-ring (bicyclic) bond motifs is 1. The molecule has 206 valence electrons. The Balaban J connectivity index is 0.000000239. The van der Waals surface area contributed by atoms with Crippen molar-refractivity contribution < 1.29 is 30.0 Å². The first-order valence-corrected chi connectivity index (χ1v) is 13.0. The number of carbonyl (C=O) groups is 1. The number of carboxylic acids is 1. The fraction of sp³-hybridized carbons (Fsp3) is 0.290. The summed E-state index contributed by atoms with van der Waals surface area (Å²) in [5, 5.41) is 30.9. The summed E-state index contributed by atoms with van der Waals surface area (Å²) in [5.41, 5.74) is 2.06. The van der Waals surface area contributed by atoms with E-state index in [1.165, 1.54) is 44.4 Å². The molecule has 8 nitrogen and oxygen atoms in total. The number of nitrogens with zero attached hydrogens (tertiary/aromatic N) is 2. The monoisotopic (exact) mass is 532 g/mol. The molecule has 0 saturated carbocycles. The van der Waals surface area contributed by atoms with Gasteiger partial charge < -0.3 is 30.5 Å². The molecule has 0 aliphatic carbocycles. The van der Waals surface area contributed by atoms with Gasteiger partial charge in [0.15, 0.2) is 12.4 Å². The van der Waals surface area contributed by atoms with E-state index in [9.17, 15) is 15.1 Å². The summed E-state index contributed by atoms with van der Waals surface area (Å²) in [6.07, 6.45) is 6.80. The fourth-order valence-corrected chi connectivity index (χ4v) is 4.74. The van der Waals surface area contributed by atoms with Gasteiger partial charge in [0.25, 0.3) is 0 Å². The van der Waals surface area contributed by atoms with E-state index in [0.29, 0.717) is 5.39 Å². The summed E-state index contributed by atoms with van der Waals surface area (Å²) in [6.45, 7) is 6.69. The van der Waals surface area contributed by atoms with E-state index >= 15 is 0 Å². The smallest absolute Gasteiger partial charge is 0.339 e. The van der Waals surface area contributed by atoms with Crippen molar-refractivity contribution >= 4 is 16.7 Å². The predicted molar refractivity (Wildman–Crippen MR) is 152 cm³/mol. The van der Waals surface area contributed by atoms with Crippen LogP contribution in [-0.2, 0) is 0 Å². The van der Waals surface area contributed by atoms with Gasteiger partial charge in [0.05, 0.1) is 6.61 Å². The molecule has 1 aliphatic heterocycles. The van der Waals surface area contributed by atoms with Crippen LogP contribution < -0.4 is 9.47 Å². The van der Waals surface area contributed by atoms with E-state index in [1.807, 2.05) is 48.5 Å². The van der Waals surface area contributed by atoms with Gasteiger partial charge in [-0.2, -0.15) is 4.73 Å². The van der Waals surface area contributed by atoms with Gasteiger partial charge in [-0.15, -0.1) is 0 Å². The molecule has 8 heteroatoms. The van der Waals surface area contributed by atoms with Crippen LogP contribution in [0.1, 0.15) is 36.5 Å².